The van der Waals surface area contributed by atoms with Gasteiger partial charge in [0, 0.05) is 25.7 Å². The average molecular weight is 212 g/mol. The van der Waals surface area contributed by atoms with E-state index < -0.39 is 0 Å². The molecule has 0 aliphatic carbocycles. The molecule has 3 rings (SSSR count). The zero-order chi connectivity index (χ0) is 10.8. The molecule has 2 heteroatoms. The first-order valence-corrected chi connectivity index (χ1v) is 5.86. The second-order valence-electron chi connectivity index (χ2n) is 4.32. The van der Waals surface area contributed by atoms with Crippen LogP contribution in [0.1, 0.15) is 11.6 Å². The van der Waals surface area contributed by atoms with Crippen LogP contribution < -0.4 is 10.6 Å². The highest BCUT2D eigenvalue weighted by Gasteiger charge is 2.13. The Bertz CT molecular complexity index is 487. The van der Waals surface area contributed by atoms with Gasteiger partial charge >= 0.3 is 0 Å². The smallest absolute Gasteiger partial charge is 0.0447 e. The van der Waals surface area contributed by atoms with Gasteiger partial charge in [-0.1, -0.05) is 36.4 Å². The summed E-state index contributed by atoms with van der Waals surface area (Å²) in [5, 5.41) is 9.60. The van der Waals surface area contributed by atoms with Crippen molar-refractivity contribution < 1.29 is 0 Å². The molecule has 0 amide bonds. The highest BCUT2D eigenvalue weighted by Crippen LogP contribution is 2.20. The van der Waals surface area contributed by atoms with E-state index in [1.165, 1.54) is 16.3 Å². The van der Waals surface area contributed by atoms with Crippen molar-refractivity contribution in [3.8, 4) is 0 Å². The molecule has 16 heavy (non-hydrogen) atoms. The van der Waals surface area contributed by atoms with Crippen LogP contribution in [0.3, 0.4) is 0 Å². The predicted molar refractivity (Wildman–Crippen MR) is 67.6 cm³/mol. The molecule has 2 N–H and O–H groups in total. The van der Waals surface area contributed by atoms with Crippen LogP contribution in [-0.4, -0.2) is 19.6 Å². The van der Waals surface area contributed by atoms with E-state index in [2.05, 4.69) is 53.1 Å². The fourth-order valence-corrected chi connectivity index (χ4v) is 2.31. The Morgan fingerprint density at radius 3 is 2.62 bits per heavy atom. The van der Waals surface area contributed by atoms with Crippen molar-refractivity contribution in [2.24, 2.45) is 0 Å². The normalized spacial score (nSPS) is 21.1. The molecular formula is C14H16N2. The largest absolute Gasteiger partial charge is 0.314 e. The summed E-state index contributed by atoms with van der Waals surface area (Å²) >= 11 is 0. The second kappa shape index (κ2) is 4.24. The SMILES string of the molecule is c1ccc2cc(C3CNCCN3)ccc2c1. The van der Waals surface area contributed by atoms with E-state index in [1.807, 2.05) is 0 Å². The Morgan fingerprint density at radius 1 is 0.938 bits per heavy atom. The van der Waals surface area contributed by atoms with Gasteiger partial charge in [-0.2, -0.15) is 0 Å². The fraction of sp³-hybridized carbons (Fsp3) is 0.286. The lowest BCUT2D eigenvalue weighted by Gasteiger charge is -2.25. The molecule has 1 atom stereocenters. The third-order valence-corrected chi connectivity index (χ3v) is 3.22. The summed E-state index contributed by atoms with van der Waals surface area (Å²) in [4.78, 5) is 0. The van der Waals surface area contributed by atoms with Crippen molar-refractivity contribution in [3.05, 3.63) is 48.0 Å². The van der Waals surface area contributed by atoms with Crippen molar-refractivity contribution in [2.75, 3.05) is 19.6 Å². The lowest BCUT2D eigenvalue weighted by molar-refractivity contribution is 0.430. The molecule has 2 aromatic carbocycles. The monoisotopic (exact) mass is 212 g/mol. The molecule has 0 saturated carbocycles. The Kier molecular flexibility index (Phi) is 2.60. The van der Waals surface area contributed by atoms with Crippen molar-refractivity contribution >= 4 is 10.8 Å². The minimum atomic E-state index is 0.457. The first-order chi connectivity index (χ1) is 7.93. The number of benzene rings is 2. The molecule has 2 nitrogen and oxygen atoms in total. The van der Waals surface area contributed by atoms with Crippen molar-refractivity contribution in [1.82, 2.24) is 10.6 Å². The predicted octanol–water partition coefficient (Wildman–Crippen LogP) is 2.07. The van der Waals surface area contributed by atoms with Crippen molar-refractivity contribution in [1.29, 1.82) is 0 Å². The number of fused-ring (bicyclic) bond motifs is 1. The van der Waals surface area contributed by atoms with Gasteiger partial charge in [0.15, 0.2) is 0 Å². The molecule has 0 radical (unpaired) electrons. The van der Waals surface area contributed by atoms with Crippen LogP contribution in [0, 0.1) is 0 Å². The zero-order valence-corrected chi connectivity index (χ0v) is 9.24. The van der Waals surface area contributed by atoms with Gasteiger partial charge in [-0.25, -0.2) is 0 Å². The molecule has 0 bridgehead atoms. The lowest BCUT2D eigenvalue weighted by atomic mass is 10.0. The Morgan fingerprint density at radius 2 is 1.81 bits per heavy atom. The van der Waals surface area contributed by atoms with Gasteiger partial charge in [0.25, 0.3) is 0 Å². The maximum absolute atomic E-state index is 3.54. The summed E-state index contributed by atoms with van der Waals surface area (Å²) in [5.41, 5.74) is 1.38. The van der Waals surface area contributed by atoms with E-state index in [4.69, 9.17) is 0 Å². The maximum Gasteiger partial charge on any atom is 0.0447 e. The van der Waals surface area contributed by atoms with Crippen LogP contribution in [0.2, 0.25) is 0 Å². The van der Waals surface area contributed by atoms with Crippen LogP contribution in [0.4, 0.5) is 0 Å². The molecule has 1 aliphatic heterocycles. The molecular weight excluding hydrogens is 196 g/mol. The van der Waals surface area contributed by atoms with E-state index in [0.717, 1.165) is 19.6 Å². The van der Waals surface area contributed by atoms with Crippen LogP contribution in [0.15, 0.2) is 42.5 Å². The fourth-order valence-electron chi connectivity index (χ4n) is 2.31. The second-order valence-corrected chi connectivity index (χ2v) is 4.32. The summed E-state index contributed by atoms with van der Waals surface area (Å²) in [5.74, 6) is 0. The quantitative estimate of drug-likeness (QED) is 0.756. The number of hydrogen-bond acceptors (Lipinski definition) is 2. The minimum absolute atomic E-state index is 0.457. The summed E-state index contributed by atoms with van der Waals surface area (Å²) in [6.45, 7) is 3.15. The molecule has 1 unspecified atom stereocenters. The molecule has 1 heterocycles. The van der Waals surface area contributed by atoms with Gasteiger partial charge in [0.1, 0.15) is 0 Å². The Hall–Kier alpha value is -1.38. The number of hydrogen-bond donors (Lipinski definition) is 2. The van der Waals surface area contributed by atoms with Crippen molar-refractivity contribution in [2.45, 2.75) is 6.04 Å². The summed E-state index contributed by atoms with van der Waals surface area (Å²) < 4.78 is 0. The molecule has 2 aromatic rings. The summed E-state index contributed by atoms with van der Waals surface area (Å²) in [6.07, 6.45) is 0. The van der Waals surface area contributed by atoms with Crippen molar-refractivity contribution in [3.63, 3.8) is 0 Å². The van der Waals surface area contributed by atoms with E-state index in [1.54, 1.807) is 0 Å². The molecule has 1 aliphatic rings. The zero-order valence-electron chi connectivity index (χ0n) is 9.24. The number of nitrogens with one attached hydrogen (secondary N) is 2. The lowest BCUT2D eigenvalue weighted by Crippen LogP contribution is -2.42. The van der Waals surface area contributed by atoms with E-state index in [-0.39, 0.29) is 0 Å². The molecule has 1 fully saturated rings. The first kappa shape index (κ1) is 9.82. The van der Waals surface area contributed by atoms with Gasteiger partial charge in [-0.15, -0.1) is 0 Å². The van der Waals surface area contributed by atoms with Gasteiger partial charge < -0.3 is 10.6 Å². The standard InChI is InChI=1S/C14H16N2/c1-2-4-12-9-13(6-5-11(12)3-1)14-10-15-7-8-16-14/h1-6,9,14-16H,7-8,10H2. The third kappa shape index (κ3) is 1.82. The van der Waals surface area contributed by atoms with Crippen LogP contribution in [0.5, 0.6) is 0 Å². The van der Waals surface area contributed by atoms with E-state index in [9.17, 15) is 0 Å². The molecule has 0 aromatic heterocycles. The van der Waals surface area contributed by atoms with Gasteiger partial charge in [0.2, 0.25) is 0 Å². The van der Waals surface area contributed by atoms with Gasteiger partial charge in [0.05, 0.1) is 0 Å². The van der Waals surface area contributed by atoms with Gasteiger partial charge in [-0.05, 0) is 22.4 Å². The van der Waals surface area contributed by atoms with Gasteiger partial charge in [-0.3, -0.25) is 0 Å². The summed E-state index contributed by atoms with van der Waals surface area (Å²) in [6, 6.07) is 15.7. The average Bonchev–Trinajstić information content (AvgIpc) is 2.39. The minimum Gasteiger partial charge on any atom is -0.314 e. The first-order valence-electron chi connectivity index (χ1n) is 5.86. The Labute approximate surface area is 95.7 Å². The van der Waals surface area contributed by atoms with E-state index >= 15 is 0 Å². The summed E-state index contributed by atoms with van der Waals surface area (Å²) in [7, 11) is 0. The highest BCUT2D eigenvalue weighted by molar-refractivity contribution is 5.83. The highest BCUT2D eigenvalue weighted by atomic mass is 15.1. The maximum atomic E-state index is 3.54. The van der Waals surface area contributed by atoms with Crippen LogP contribution in [-0.2, 0) is 0 Å². The number of rotatable bonds is 1. The molecule has 0 spiro atoms. The van der Waals surface area contributed by atoms with Crippen LogP contribution in [0.25, 0.3) is 10.8 Å². The molecule has 1 saturated heterocycles. The van der Waals surface area contributed by atoms with E-state index in [0.29, 0.717) is 6.04 Å². The number of piperazine rings is 1. The third-order valence-electron chi connectivity index (χ3n) is 3.22. The topological polar surface area (TPSA) is 24.1 Å². The van der Waals surface area contributed by atoms with Crippen LogP contribution >= 0.6 is 0 Å². The Balaban J connectivity index is 1.97. The molecule has 82 valence electrons.